The second-order valence-electron chi connectivity index (χ2n) is 12.3. The molecule has 1 saturated heterocycles. The largest absolute Gasteiger partial charge is 0.490 e. The smallest absolute Gasteiger partial charge is 0.164 e. The maximum Gasteiger partial charge on any atom is 0.164 e. The van der Waals surface area contributed by atoms with E-state index in [2.05, 4.69) is 158 Å². The van der Waals surface area contributed by atoms with Crippen molar-refractivity contribution in [2.75, 3.05) is 13.2 Å². The third-order valence-corrected chi connectivity index (χ3v) is 13.3. The van der Waals surface area contributed by atoms with Crippen molar-refractivity contribution in [1.29, 1.82) is 0 Å². The zero-order valence-electron chi connectivity index (χ0n) is 27.8. The number of hydrogen-bond acceptors (Lipinski definition) is 4. The summed E-state index contributed by atoms with van der Waals surface area (Å²) in [6.07, 6.45) is -0.640. The maximum absolute atomic E-state index is 6.66. The van der Waals surface area contributed by atoms with E-state index in [0.29, 0.717) is 13.2 Å². The summed E-state index contributed by atoms with van der Waals surface area (Å²) in [6.45, 7) is 4.58. The number of para-hydroxylation sites is 2. The van der Waals surface area contributed by atoms with Gasteiger partial charge in [-0.15, -0.1) is 0 Å². The van der Waals surface area contributed by atoms with Crippen molar-refractivity contribution in [3.63, 3.8) is 0 Å². The van der Waals surface area contributed by atoms with Crippen molar-refractivity contribution < 1.29 is 18.9 Å². The molecule has 0 saturated carbocycles. The van der Waals surface area contributed by atoms with Gasteiger partial charge in [-0.1, -0.05) is 158 Å². The van der Waals surface area contributed by atoms with Gasteiger partial charge in [-0.2, -0.15) is 0 Å². The van der Waals surface area contributed by atoms with Crippen LogP contribution in [0.25, 0.3) is 0 Å². The topological polar surface area (TPSA) is 36.9 Å². The molecule has 7 rings (SSSR count). The lowest BCUT2D eigenvalue weighted by Gasteiger charge is -2.24. The standard InChI is InChI=1S/C43H40O4P2/c1-43(2)46-39(31-44-37-27-15-17-29-41(37)48(33-19-7-3-8-20-33)34-21-9-4-10-22-34)40(47-43)32-45-38-28-16-18-30-42(38)49(35-23-11-5-12-24-35)36-25-13-6-14-26-36/h3-30,39-40H,31-32H2,1-2H3/t39-,40-/m0/s1. The molecule has 0 aromatic heterocycles. The second kappa shape index (κ2) is 15.5. The molecule has 0 amide bonds. The van der Waals surface area contributed by atoms with Crippen molar-refractivity contribution in [3.8, 4) is 11.5 Å². The van der Waals surface area contributed by atoms with Gasteiger partial charge in [0.2, 0.25) is 0 Å². The van der Waals surface area contributed by atoms with E-state index in [1.807, 2.05) is 26.0 Å². The van der Waals surface area contributed by atoms with Crippen molar-refractivity contribution in [2.45, 2.75) is 31.8 Å². The van der Waals surface area contributed by atoms with Gasteiger partial charge in [0.25, 0.3) is 0 Å². The highest BCUT2D eigenvalue weighted by molar-refractivity contribution is 7.80. The van der Waals surface area contributed by atoms with Crippen molar-refractivity contribution >= 4 is 47.7 Å². The van der Waals surface area contributed by atoms with Crippen LogP contribution in [-0.2, 0) is 9.47 Å². The molecule has 6 aromatic carbocycles. The quantitative estimate of drug-likeness (QED) is 0.128. The van der Waals surface area contributed by atoms with E-state index in [1.54, 1.807) is 0 Å². The summed E-state index contributed by atoms with van der Waals surface area (Å²) in [7, 11) is -1.65. The first-order valence-electron chi connectivity index (χ1n) is 16.7. The fourth-order valence-corrected chi connectivity index (χ4v) is 11.0. The zero-order valence-corrected chi connectivity index (χ0v) is 29.6. The van der Waals surface area contributed by atoms with E-state index in [4.69, 9.17) is 18.9 Å². The van der Waals surface area contributed by atoms with Gasteiger partial charge in [0.15, 0.2) is 5.79 Å². The molecule has 1 fully saturated rings. The van der Waals surface area contributed by atoms with Crippen LogP contribution in [0.4, 0.5) is 0 Å². The minimum absolute atomic E-state index is 0.320. The molecule has 0 N–H and O–H groups in total. The van der Waals surface area contributed by atoms with Crippen LogP contribution < -0.4 is 41.3 Å². The van der Waals surface area contributed by atoms with Crippen LogP contribution in [-0.4, -0.2) is 31.2 Å². The molecule has 0 radical (unpaired) electrons. The van der Waals surface area contributed by atoms with Crippen LogP contribution in [0.3, 0.4) is 0 Å². The van der Waals surface area contributed by atoms with Crippen LogP contribution in [0.15, 0.2) is 170 Å². The predicted molar refractivity (Wildman–Crippen MR) is 205 cm³/mol. The van der Waals surface area contributed by atoms with Gasteiger partial charge in [0.1, 0.15) is 36.9 Å². The Balaban J connectivity index is 1.12. The van der Waals surface area contributed by atoms with Gasteiger partial charge in [-0.3, -0.25) is 0 Å². The minimum atomic E-state index is -0.826. The summed E-state index contributed by atoms with van der Waals surface area (Å²) in [6, 6.07) is 59.5. The third kappa shape index (κ3) is 7.96. The molecule has 0 bridgehead atoms. The molecule has 6 heteroatoms. The van der Waals surface area contributed by atoms with Crippen LogP contribution in [0, 0.1) is 0 Å². The molecule has 6 aromatic rings. The number of ether oxygens (including phenoxy) is 4. The molecule has 2 atom stereocenters. The Kier molecular flexibility index (Phi) is 10.5. The lowest BCUT2D eigenvalue weighted by atomic mass is 10.2. The van der Waals surface area contributed by atoms with Crippen LogP contribution in [0.1, 0.15) is 13.8 Å². The third-order valence-electron chi connectivity index (χ3n) is 8.36. The van der Waals surface area contributed by atoms with Crippen LogP contribution in [0.2, 0.25) is 0 Å². The number of rotatable bonds is 12. The summed E-state index contributed by atoms with van der Waals surface area (Å²) in [5.74, 6) is 0.953. The van der Waals surface area contributed by atoms with Crippen LogP contribution in [0.5, 0.6) is 11.5 Å². The van der Waals surface area contributed by atoms with Crippen molar-refractivity contribution in [2.24, 2.45) is 0 Å². The average Bonchev–Trinajstić information content (AvgIpc) is 3.45. The first-order valence-corrected chi connectivity index (χ1v) is 19.3. The van der Waals surface area contributed by atoms with Gasteiger partial charge in [0.05, 0.1) is 0 Å². The first-order chi connectivity index (χ1) is 24.1. The molecule has 1 aliphatic rings. The number of benzene rings is 6. The summed E-state index contributed by atoms with van der Waals surface area (Å²) < 4.78 is 26.2. The van der Waals surface area contributed by atoms with Gasteiger partial charge >= 0.3 is 0 Å². The summed E-state index contributed by atoms with van der Waals surface area (Å²) in [4.78, 5) is 0. The molecule has 0 spiro atoms. The highest BCUT2D eigenvalue weighted by atomic mass is 31.1. The van der Waals surface area contributed by atoms with E-state index in [9.17, 15) is 0 Å². The van der Waals surface area contributed by atoms with E-state index < -0.39 is 21.6 Å². The molecule has 246 valence electrons. The van der Waals surface area contributed by atoms with E-state index >= 15 is 0 Å². The second-order valence-corrected chi connectivity index (χ2v) is 16.7. The predicted octanol–water partition coefficient (Wildman–Crippen LogP) is 7.18. The number of hydrogen-bond donors (Lipinski definition) is 0. The highest BCUT2D eigenvalue weighted by Gasteiger charge is 2.42. The monoisotopic (exact) mass is 682 g/mol. The molecule has 1 heterocycles. The molecular formula is C43H40O4P2. The molecule has 0 aliphatic carbocycles. The van der Waals surface area contributed by atoms with Gasteiger partial charge < -0.3 is 18.9 Å². The van der Waals surface area contributed by atoms with E-state index in [1.165, 1.54) is 31.8 Å². The fourth-order valence-electron chi connectivity index (χ4n) is 6.23. The lowest BCUT2D eigenvalue weighted by Crippen LogP contribution is -2.35. The van der Waals surface area contributed by atoms with Gasteiger partial charge in [-0.05, 0) is 63.0 Å². The molecular weight excluding hydrogens is 642 g/mol. The molecule has 4 nitrogen and oxygen atoms in total. The normalized spacial score (nSPS) is 16.9. The van der Waals surface area contributed by atoms with Crippen molar-refractivity contribution in [3.05, 3.63) is 170 Å². The maximum atomic E-state index is 6.66. The lowest BCUT2D eigenvalue weighted by molar-refractivity contribution is -0.150. The molecule has 49 heavy (non-hydrogen) atoms. The Hall–Kier alpha value is -4.30. The highest BCUT2D eigenvalue weighted by Crippen LogP contribution is 2.38. The van der Waals surface area contributed by atoms with E-state index in [-0.39, 0.29) is 12.2 Å². The Morgan fingerprint density at radius 2 is 0.714 bits per heavy atom. The average molecular weight is 683 g/mol. The van der Waals surface area contributed by atoms with E-state index in [0.717, 1.165) is 11.5 Å². The molecule has 1 aliphatic heterocycles. The Labute approximate surface area is 292 Å². The SMILES string of the molecule is CC1(C)O[C@@H](COc2ccccc2P(c2ccccc2)c2ccccc2)[C@H](COc2ccccc2P(c2ccccc2)c2ccccc2)O1. The summed E-state index contributed by atoms with van der Waals surface area (Å²) in [5, 5.41) is 7.44. The summed E-state index contributed by atoms with van der Waals surface area (Å²) in [5.41, 5.74) is 0. The Bertz CT molecular complexity index is 1700. The fraction of sp³-hybridized carbons (Fsp3) is 0.163. The Morgan fingerprint density at radius 1 is 0.429 bits per heavy atom. The first kappa shape index (κ1) is 33.2. The van der Waals surface area contributed by atoms with Gasteiger partial charge in [0, 0.05) is 10.6 Å². The molecule has 0 unspecified atom stereocenters. The summed E-state index contributed by atoms with van der Waals surface area (Å²) >= 11 is 0. The van der Waals surface area contributed by atoms with Gasteiger partial charge in [-0.25, -0.2) is 0 Å². The Morgan fingerprint density at radius 3 is 1.04 bits per heavy atom. The minimum Gasteiger partial charge on any atom is -0.490 e. The van der Waals surface area contributed by atoms with Crippen LogP contribution >= 0.6 is 15.8 Å². The van der Waals surface area contributed by atoms with Crippen molar-refractivity contribution in [1.82, 2.24) is 0 Å². The zero-order chi connectivity index (χ0) is 33.5.